The van der Waals surface area contributed by atoms with Gasteiger partial charge in [-0.05, 0) is 18.1 Å². The van der Waals surface area contributed by atoms with Crippen molar-refractivity contribution in [3.63, 3.8) is 0 Å². The quantitative estimate of drug-likeness (QED) is 0.758. The smallest absolute Gasteiger partial charge is 0.129 e. The van der Waals surface area contributed by atoms with E-state index in [0.717, 1.165) is 12.2 Å². The highest BCUT2D eigenvalue weighted by Gasteiger charge is 2.11. The van der Waals surface area contributed by atoms with Crippen LogP contribution < -0.4 is 4.74 Å². The normalized spacial score (nSPS) is 12.4. The predicted octanol–water partition coefficient (Wildman–Crippen LogP) is 4.44. The van der Waals surface area contributed by atoms with Gasteiger partial charge in [0.25, 0.3) is 0 Å². The SMILES string of the molecule is COc1csc(C(Br)Cc2ccccc2)c1. The summed E-state index contributed by atoms with van der Waals surface area (Å²) in [5, 5.41) is 2.04. The number of methoxy groups -OCH3 is 1. The van der Waals surface area contributed by atoms with Crippen LogP contribution in [0.3, 0.4) is 0 Å². The third-order valence-corrected chi connectivity index (χ3v) is 4.54. The molecular formula is C13H13BrOS. The minimum absolute atomic E-state index is 0.365. The molecule has 1 aromatic carbocycles. The summed E-state index contributed by atoms with van der Waals surface area (Å²) in [4.78, 5) is 1.67. The van der Waals surface area contributed by atoms with E-state index in [9.17, 15) is 0 Å². The fraction of sp³-hybridized carbons (Fsp3) is 0.231. The summed E-state index contributed by atoms with van der Waals surface area (Å²) >= 11 is 5.45. The Hall–Kier alpha value is -0.800. The van der Waals surface area contributed by atoms with E-state index in [-0.39, 0.29) is 0 Å². The fourth-order valence-corrected chi connectivity index (χ4v) is 3.19. The summed E-state index contributed by atoms with van der Waals surface area (Å²) in [6, 6.07) is 12.6. The molecule has 0 saturated heterocycles. The molecule has 1 unspecified atom stereocenters. The second-order valence-corrected chi connectivity index (χ2v) is 5.59. The minimum Gasteiger partial charge on any atom is -0.496 e. The van der Waals surface area contributed by atoms with Gasteiger partial charge in [-0.3, -0.25) is 0 Å². The molecule has 2 aromatic rings. The summed E-state index contributed by atoms with van der Waals surface area (Å²) in [6.45, 7) is 0. The van der Waals surface area contributed by atoms with Crippen LogP contribution in [0.25, 0.3) is 0 Å². The molecule has 0 aliphatic carbocycles. The molecule has 0 fully saturated rings. The summed E-state index contributed by atoms with van der Waals surface area (Å²) < 4.78 is 5.18. The minimum atomic E-state index is 0.365. The van der Waals surface area contributed by atoms with Crippen LogP contribution in [0.15, 0.2) is 41.8 Å². The molecule has 0 radical (unpaired) electrons. The lowest BCUT2D eigenvalue weighted by Gasteiger charge is -2.07. The first kappa shape index (κ1) is 11.7. The predicted molar refractivity (Wildman–Crippen MR) is 72.7 cm³/mol. The molecule has 16 heavy (non-hydrogen) atoms. The third kappa shape index (κ3) is 2.86. The van der Waals surface area contributed by atoms with E-state index in [1.54, 1.807) is 18.4 Å². The highest BCUT2D eigenvalue weighted by molar-refractivity contribution is 9.09. The van der Waals surface area contributed by atoms with Crippen molar-refractivity contribution < 1.29 is 4.74 Å². The molecule has 1 aromatic heterocycles. The topological polar surface area (TPSA) is 9.23 Å². The lowest BCUT2D eigenvalue weighted by molar-refractivity contribution is 0.416. The number of benzene rings is 1. The van der Waals surface area contributed by atoms with Crippen molar-refractivity contribution in [3.8, 4) is 5.75 Å². The van der Waals surface area contributed by atoms with Gasteiger partial charge in [-0.2, -0.15) is 0 Å². The molecule has 0 aliphatic heterocycles. The van der Waals surface area contributed by atoms with E-state index in [2.05, 4.69) is 46.3 Å². The second-order valence-electron chi connectivity index (χ2n) is 3.55. The first-order valence-electron chi connectivity index (χ1n) is 5.10. The molecule has 0 spiro atoms. The average molecular weight is 297 g/mol. The van der Waals surface area contributed by atoms with Gasteiger partial charge < -0.3 is 4.74 Å². The van der Waals surface area contributed by atoms with Crippen LogP contribution in [0.2, 0.25) is 0 Å². The van der Waals surface area contributed by atoms with Crippen LogP contribution in [0.5, 0.6) is 5.75 Å². The van der Waals surface area contributed by atoms with E-state index >= 15 is 0 Å². The molecule has 0 aliphatic rings. The van der Waals surface area contributed by atoms with Crippen molar-refractivity contribution in [1.29, 1.82) is 0 Å². The van der Waals surface area contributed by atoms with E-state index < -0.39 is 0 Å². The van der Waals surface area contributed by atoms with Gasteiger partial charge in [0.05, 0.1) is 11.9 Å². The molecule has 3 heteroatoms. The molecular weight excluding hydrogens is 284 g/mol. The maximum Gasteiger partial charge on any atom is 0.129 e. The molecule has 1 heterocycles. The Labute approximate surface area is 108 Å². The zero-order valence-corrected chi connectivity index (χ0v) is 11.4. The zero-order chi connectivity index (χ0) is 11.4. The number of hydrogen-bond donors (Lipinski definition) is 0. The van der Waals surface area contributed by atoms with Crippen molar-refractivity contribution in [2.75, 3.05) is 7.11 Å². The average Bonchev–Trinajstić information content (AvgIpc) is 2.79. The summed E-state index contributed by atoms with van der Waals surface area (Å²) in [5.74, 6) is 0.942. The highest BCUT2D eigenvalue weighted by Crippen LogP contribution is 2.34. The second kappa shape index (κ2) is 5.51. The standard InChI is InChI=1S/C13H13BrOS/c1-15-11-8-13(16-9-11)12(14)7-10-5-3-2-4-6-10/h2-6,8-9,12H,7H2,1H3. The van der Waals surface area contributed by atoms with Gasteiger partial charge in [0, 0.05) is 10.3 Å². The van der Waals surface area contributed by atoms with Gasteiger partial charge in [0.1, 0.15) is 5.75 Å². The van der Waals surface area contributed by atoms with Crippen molar-refractivity contribution >= 4 is 27.3 Å². The maximum absolute atomic E-state index is 5.18. The van der Waals surface area contributed by atoms with Gasteiger partial charge in [-0.25, -0.2) is 0 Å². The zero-order valence-electron chi connectivity index (χ0n) is 9.02. The van der Waals surface area contributed by atoms with Crippen LogP contribution in [-0.4, -0.2) is 7.11 Å². The van der Waals surface area contributed by atoms with Crippen molar-refractivity contribution in [3.05, 3.63) is 52.2 Å². The van der Waals surface area contributed by atoms with E-state index in [1.807, 2.05) is 11.4 Å². The molecule has 84 valence electrons. The number of alkyl halides is 1. The van der Waals surface area contributed by atoms with Gasteiger partial charge in [-0.1, -0.05) is 46.3 Å². The lowest BCUT2D eigenvalue weighted by atomic mass is 10.1. The van der Waals surface area contributed by atoms with Crippen LogP contribution in [0.1, 0.15) is 15.3 Å². The monoisotopic (exact) mass is 296 g/mol. The number of ether oxygens (including phenoxy) is 1. The van der Waals surface area contributed by atoms with E-state index in [1.165, 1.54) is 10.4 Å². The molecule has 1 atom stereocenters. The van der Waals surface area contributed by atoms with Crippen LogP contribution in [0.4, 0.5) is 0 Å². The molecule has 0 amide bonds. The molecule has 2 rings (SSSR count). The summed E-state index contributed by atoms with van der Waals surface area (Å²) in [6.07, 6.45) is 1.00. The number of thiophene rings is 1. The van der Waals surface area contributed by atoms with Gasteiger partial charge in [0.15, 0.2) is 0 Å². The van der Waals surface area contributed by atoms with Gasteiger partial charge >= 0.3 is 0 Å². The van der Waals surface area contributed by atoms with E-state index in [4.69, 9.17) is 4.74 Å². The van der Waals surface area contributed by atoms with Crippen LogP contribution >= 0.6 is 27.3 Å². The Morgan fingerprint density at radius 2 is 2.06 bits per heavy atom. The number of hydrogen-bond acceptors (Lipinski definition) is 2. The van der Waals surface area contributed by atoms with Gasteiger partial charge in [-0.15, -0.1) is 11.3 Å². The Morgan fingerprint density at radius 3 is 2.69 bits per heavy atom. The van der Waals surface area contributed by atoms with E-state index in [0.29, 0.717) is 4.83 Å². The molecule has 0 saturated carbocycles. The molecule has 0 bridgehead atoms. The Balaban J connectivity index is 2.05. The Morgan fingerprint density at radius 1 is 1.31 bits per heavy atom. The molecule has 1 nitrogen and oxygen atoms in total. The molecule has 0 N–H and O–H groups in total. The van der Waals surface area contributed by atoms with Gasteiger partial charge in [0.2, 0.25) is 0 Å². The first-order chi connectivity index (χ1) is 7.79. The Bertz CT molecular complexity index is 438. The van der Waals surface area contributed by atoms with Crippen molar-refractivity contribution in [1.82, 2.24) is 0 Å². The summed E-state index contributed by atoms with van der Waals surface area (Å²) in [5.41, 5.74) is 1.34. The fourth-order valence-electron chi connectivity index (χ4n) is 1.53. The number of rotatable bonds is 4. The van der Waals surface area contributed by atoms with Crippen molar-refractivity contribution in [2.45, 2.75) is 11.2 Å². The Kier molecular flexibility index (Phi) is 4.02. The highest BCUT2D eigenvalue weighted by atomic mass is 79.9. The lowest BCUT2D eigenvalue weighted by Crippen LogP contribution is -1.92. The maximum atomic E-state index is 5.18. The van der Waals surface area contributed by atoms with Crippen molar-refractivity contribution in [2.24, 2.45) is 0 Å². The summed E-state index contributed by atoms with van der Waals surface area (Å²) in [7, 11) is 1.70. The van der Waals surface area contributed by atoms with Crippen LogP contribution in [-0.2, 0) is 6.42 Å². The third-order valence-electron chi connectivity index (χ3n) is 2.40. The number of halogens is 1. The van der Waals surface area contributed by atoms with Crippen LogP contribution in [0, 0.1) is 0 Å². The first-order valence-corrected chi connectivity index (χ1v) is 6.89. The largest absolute Gasteiger partial charge is 0.496 e.